The van der Waals surface area contributed by atoms with E-state index < -0.39 is 5.91 Å². The highest BCUT2D eigenvalue weighted by molar-refractivity contribution is 6.03. The second-order valence-corrected chi connectivity index (χ2v) is 5.07. The topological polar surface area (TPSA) is 78.9 Å². The lowest BCUT2D eigenvalue weighted by atomic mass is 10.1. The van der Waals surface area contributed by atoms with Gasteiger partial charge in [0.15, 0.2) is 11.5 Å². The fourth-order valence-electron chi connectivity index (χ4n) is 2.12. The summed E-state index contributed by atoms with van der Waals surface area (Å²) >= 11 is 0. The highest BCUT2D eigenvalue weighted by Crippen LogP contribution is 2.21. The first-order chi connectivity index (χ1) is 11.7. The lowest BCUT2D eigenvalue weighted by molar-refractivity contribution is 0.101. The Bertz CT molecular complexity index is 893. The Labute approximate surface area is 137 Å². The van der Waals surface area contributed by atoms with E-state index in [1.54, 1.807) is 36.4 Å². The summed E-state index contributed by atoms with van der Waals surface area (Å²) in [6.45, 7) is 0. The van der Waals surface area contributed by atoms with Gasteiger partial charge in [-0.15, -0.1) is 0 Å². The average molecular weight is 321 g/mol. The average Bonchev–Trinajstić information content (AvgIpc) is 3.08. The van der Waals surface area contributed by atoms with Gasteiger partial charge >= 0.3 is 0 Å². The third-order valence-corrected chi connectivity index (χ3v) is 3.37. The standard InChI is InChI=1S/C18H12FN3O2/c19-14-5-3-13(4-6-14)17-11-16(22-24-17)18(23)21-15-7-1-12(2-8-15)9-10-20/h1-8,11H,9H2,(H,21,23). The monoisotopic (exact) mass is 321 g/mol. The third-order valence-electron chi connectivity index (χ3n) is 3.37. The molecule has 1 N–H and O–H groups in total. The molecule has 0 aliphatic heterocycles. The molecule has 1 heterocycles. The smallest absolute Gasteiger partial charge is 0.277 e. The maximum Gasteiger partial charge on any atom is 0.277 e. The Morgan fingerprint density at radius 1 is 1.17 bits per heavy atom. The molecule has 0 fully saturated rings. The Morgan fingerprint density at radius 2 is 1.88 bits per heavy atom. The third kappa shape index (κ3) is 3.47. The van der Waals surface area contributed by atoms with E-state index in [1.807, 2.05) is 0 Å². The van der Waals surface area contributed by atoms with E-state index >= 15 is 0 Å². The molecule has 0 radical (unpaired) electrons. The molecule has 0 aliphatic carbocycles. The summed E-state index contributed by atoms with van der Waals surface area (Å²) in [5.41, 5.74) is 2.21. The number of benzene rings is 2. The highest BCUT2D eigenvalue weighted by Gasteiger charge is 2.14. The number of carbonyl (C=O) groups excluding carboxylic acids is 1. The number of hydrogen-bond acceptors (Lipinski definition) is 4. The van der Waals surface area contributed by atoms with Gasteiger partial charge in [0.25, 0.3) is 5.91 Å². The molecule has 2 aromatic carbocycles. The van der Waals surface area contributed by atoms with Gasteiger partial charge in [0, 0.05) is 17.3 Å². The summed E-state index contributed by atoms with van der Waals surface area (Å²) < 4.78 is 18.1. The van der Waals surface area contributed by atoms with E-state index in [9.17, 15) is 9.18 Å². The highest BCUT2D eigenvalue weighted by atomic mass is 19.1. The van der Waals surface area contributed by atoms with Crippen molar-refractivity contribution in [3.63, 3.8) is 0 Å². The van der Waals surface area contributed by atoms with Crippen LogP contribution in [0.25, 0.3) is 11.3 Å². The molecule has 0 saturated heterocycles. The lowest BCUT2D eigenvalue weighted by Gasteiger charge is -2.03. The van der Waals surface area contributed by atoms with Crippen LogP contribution < -0.4 is 5.32 Å². The molecular weight excluding hydrogens is 309 g/mol. The Balaban J connectivity index is 1.71. The number of carbonyl (C=O) groups is 1. The summed E-state index contributed by atoms with van der Waals surface area (Å²) in [6.07, 6.45) is 0.318. The zero-order chi connectivity index (χ0) is 16.9. The van der Waals surface area contributed by atoms with Crippen LogP contribution in [-0.4, -0.2) is 11.1 Å². The number of amides is 1. The van der Waals surface area contributed by atoms with Crippen molar-refractivity contribution in [2.75, 3.05) is 5.32 Å². The SMILES string of the molecule is N#CCc1ccc(NC(=O)c2cc(-c3ccc(F)cc3)on2)cc1. The van der Waals surface area contributed by atoms with Crippen LogP contribution in [0.1, 0.15) is 16.1 Å². The van der Waals surface area contributed by atoms with Gasteiger partial charge in [0.05, 0.1) is 12.5 Å². The molecular formula is C18H12FN3O2. The van der Waals surface area contributed by atoms with E-state index in [4.69, 9.17) is 9.78 Å². The summed E-state index contributed by atoms with van der Waals surface area (Å²) in [5, 5.41) is 15.1. The van der Waals surface area contributed by atoms with E-state index in [0.717, 1.165) is 5.56 Å². The van der Waals surface area contributed by atoms with Gasteiger partial charge in [-0.25, -0.2) is 4.39 Å². The van der Waals surface area contributed by atoms with E-state index in [-0.39, 0.29) is 11.5 Å². The van der Waals surface area contributed by atoms with Crippen LogP contribution in [-0.2, 0) is 6.42 Å². The van der Waals surface area contributed by atoms with Crippen molar-refractivity contribution in [1.82, 2.24) is 5.16 Å². The minimum atomic E-state index is -0.417. The second-order valence-electron chi connectivity index (χ2n) is 5.07. The molecule has 118 valence electrons. The molecule has 6 heteroatoms. The molecule has 0 spiro atoms. The molecule has 24 heavy (non-hydrogen) atoms. The minimum Gasteiger partial charge on any atom is -0.355 e. The summed E-state index contributed by atoms with van der Waals surface area (Å²) in [6, 6.07) is 16.2. The van der Waals surface area contributed by atoms with Gasteiger partial charge in [-0.1, -0.05) is 17.3 Å². The predicted molar refractivity (Wildman–Crippen MR) is 85.6 cm³/mol. The number of rotatable bonds is 4. The second kappa shape index (κ2) is 6.75. The van der Waals surface area contributed by atoms with Gasteiger partial charge in [-0.3, -0.25) is 4.79 Å². The summed E-state index contributed by atoms with van der Waals surface area (Å²) in [7, 11) is 0. The quantitative estimate of drug-likeness (QED) is 0.792. The van der Waals surface area contributed by atoms with Crippen LogP contribution in [0.4, 0.5) is 10.1 Å². The van der Waals surface area contributed by atoms with Crippen molar-refractivity contribution in [3.05, 3.63) is 71.7 Å². The maximum atomic E-state index is 12.9. The Kier molecular flexibility index (Phi) is 4.34. The zero-order valence-corrected chi connectivity index (χ0v) is 12.5. The van der Waals surface area contributed by atoms with Crippen LogP contribution >= 0.6 is 0 Å². The number of halogens is 1. The van der Waals surface area contributed by atoms with E-state index in [2.05, 4.69) is 16.5 Å². The van der Waals surface area contributed by atoms with E-state index in [1.165, 1.54) is 18.2 Å². The van der Waals surface area contributed by atoms with Crippen molar-refractivity contribution in [1.29, 1.82) is 5.26 Å². The van der Waals surface area contributed by atoms with Crippen molar-refractivity contribution in [2.45, 2.75) is 6.42 Å². The molecule has 5 nitrogen and oxygen atoms in total. The van der Waals surface area contributed by atoms with Crippen molar-refractivity contribution >= 4 is 11.6 Å². The molecule has 0 bridgehead atoms. The molecule has 0 aliphatic rings. The first-order valence-electron chi connectivity index (χ1n) is 7.15. The maximum absolute atomic E-state index is 12.9. The largest absolute Gasteiger partial charge is 0.355 e. The van der Waals surface area contributed by atoms with Crippen LogP contribution in [0.15, 0.2) is 59.1 Å². The number of nitrogens with zero attached hydrogens (tertiary/aromatic N) is 2. The number of nitriles is 1. The van der Waals surface area contributed by atoms with Crippen molar-refractivity contribution < 1.29 is 13.7 Å². The summed E-state index contributed by atoms with van der Waals surface area (Å²) in [4.78, 5) is 12.2. The van der Waals surface area contributed by atoms with Crippen LogP contribution in [0.5, 0.6) is 0 Å². The summed E-state index contributed by atoms with van der Waals surface area (Å²) in [5.74, 6) is -0.388. The first kappa shape index (κ1) is 15.4. The van der Waals surface area contributed by atoms with Gasteiger partial charge in [-0.2, -0.15) is 5.26 Å². The minimum absolute atomic E-state index is 0.121. The fraction of sp³-hybridized carbons (Fsp3) is 0.0556. The van der Waals surface area contributed by atoms with Gasteiger partial charge in [0.1, 0.15) is 5.82 Å². The normalized spacial score (nSPS) is 10.2. The number of hydrogen-bond donors (Lipinski definition) is 1. The van der Waals surface area contributed by atoms with Crippen LogP contribution in [0.3, 0.4) is 0 Å². The van der Waals surface area contributed by atoms with Crippen LogP contribution in [0, 0.1) is 17.1 Å². The molecule has 0 atom stereocenters. The van der Waals surface area contributed by atoms with Crippen LogP contribution in [0.2, 0.25) is 0 Å². The zero-order valence-electron chi connectivity index (χ0n) is 12.5. The lowest BCUT2D eigenvalue weighted by Crippen LogP contribution is -2.12. The number of aromatic nitrogens is 1. The molecule has 0 unspecified atom stereocenters. The number of anilines is 1. The van der Waals surface area contributed by atoms with Gasteiger partial charge in [-0.05, 0) is 42.0 Å². The molecule has 0 saturated carbocycles. The number of nitrogens with one attached hydrogen (secondary N) is 1. The van der Waals surface area contributed by atoms with Crippen molar-refractivity contribution in [2.24, 2.45) is 0 Å². The first-order valence-corrected chi connectivity index (χ1v) is 7.15. The fourth-order valence-corrected chi connectivity index (χ4v) is 2.12. The van der Waals surface area contributed by atoms with Gasteiger partial charge < -0.3 is 9.84 Å². The molecule has 1 aromatic heterocycles. The van der Waals surface area contributed by atoms with Crippen molar-refractivity contribution in [3.8, 4) is 17.4 Å². The van der Waals surface area contributed by atoms with Gasteiger partial charge in [0.2, 0.25) is 0 Å². The Morgan fingerprint density at radius 3 is 2.54 bits per heavy atom. The van der Waals surface area contributed by atoms with E-state index in [0.29, 0.717) is 23.4 Å². The molecule has 3 rings (SSSR count). The molecule has 3 aromatic rings. The Hall–Kier alpha value is -3.46. The molecule has 1 amide bonds. The predicted octanol–water partition coefficient (Wildman–Crippen LogP) is 3.80.